The molecule has 1 aliphatic heterocycles. The molecule has 3 atom stereocenters. The van der Waals surface area contributed by atoms with Crippen LogP contribution in [0.1, 0.15) is 31.9 Å². The van der Waals surface area contributed by atoms with Gasteiger partial charge in [0.25, 0.3) is 0 Å². The zero-order chi connectivity index (χ0) is 14.2. The standard InChI is InChI=1S/C13H17F2NO3/c1-3-7(2)12(17)11(16)8-4-5-9-10(6-8)19-13(14,15)18-9/h4-7,11-12,17H,3,16H2,1-2H3/t7?,11-,12+/m0/s1. The summed E-state index contributed by atoms with van der Waals surface area (Å²) < 4.78 is 34.4. The topological polar surface area (TPSA) is 64.7 Å². The minimum absolute atomic E-state index is 0.0156. The van der Waals surface area contributed by atoms with E-state index in [4.69, 9.17) is 5.73 Å². The van der Waals surface area contributed by atoms with Gasteiger partial charge in [-0.3, -0.25) is 0 Å². The number of ether oxygens (including phenoxy) is 2. The van der Waals surface area contributed by atoms with Gasteiger partial charge in [-0.1, -0.05) is 26.3 Å². The fourth-order valence-electron chi connectivity index (χ4n) is 1.97. The Morgan fingerprint density at radius 1 is 1.32 bits per heavy atom. The Bertz CT molecular complexity index is 467. The van der Waals surface area contributed by atoms with Crippen LogP contribution >= 0.6 is 0 Å². The number of alkyl halides is 2. The van der Waals surface area contributed by atoms with E-state index < -0.39 is 18.4 Å². The van der Waals surface area contributed by atoms with Crippen molar-refractivity contribution in [2.24, 2.45) is 11.7 Å². The Morgan fingerprint density at radius 3 is 2.58 bits per heavy atom. The molecule has 1 aromatic rings. The first-order valence-electron chi connectivity index (χ1n) is 6.17. The second-order valence-corrected chi connectivity index (χ2v) is 4.78. The van der Waals surface area contributed by atoms with Gasteiger partial charge in [0.1, 0.15) is 0 Å². The van der Waals surface area contributed by atoms with Gasteiger partial charge in [0, 0.05) is 0 Å². The lowest BCUT2D eigenvalue weighted by atomic mass is 9.91. The summed E-state index contributed by atoms with van der Waals surface area (Å²) in [7, 11) is 0. The van der Waals surface area contributed by atoms with Crippen molar-refractivity contribution in [3.63, 3.8) is 0 Å². The van der Waals surface area contributed by atoms with Crippen LogP contribution in [-0.4, -0.2) is 17.5 Å². The average Bonchev–Trinajstić information content (AvgIpc) is 2.68. The summed E-state index contributed by atoms with van der Waals surface area (Å²) in [5, 5.41) is 10.0. The lowest BCUT2D eigenvalue weighted by Gasteiger charge is -2.24. The number of rotatable bonds is 4. The average molecular weight is 273 g/mol. The summed E-state index contributed by atoms with van der Waals surface area (Å²) in [6, 6.07) is 3.65. The van der Waals surface area contributed by atoms with Crippen LogP contribution in [-0.2, 0) is 0 Å². The number of hydrogen-bond acceptors (Lipinski definition) is 4. The Labute approximate surface area is 110 Å². The summed E-state index contributed by atoms with van der Waals surface area (Å²) in [5.41, 5.74) is 6.48. The van der Waals surface area contributed by atoms with E-state index in [2.05, 4.69) is 9.47 Å². The van der Waals surface area contributed by atoms with Gasteiger partial charge in [-0.2, -0.15) is 0 Å². The molecule has 106 valence electrons. The van der Waals surface area contributed by atoms with E-state index in [1.165, 1.54) is 12.1 Å². The van der Waals surface area contributed by atoms with Gasteiger partial charge in [-0.05, 0) is 23.6 Å². The van der Waals surface area contributed by atoms with Crippen molar-refractivity contribution in [1.29, 1.82) is 0 Å². The molecule has 0 spiro atoms. The predicted molar refractivity (Wildman–Crippen MR) is 65.0 cm³/mol. The van der Waals surface area contributed by atoms with E-state index in [1.807, 2.05) is 13.8 Å². The highest BCUT2D eigenvalue weighted by Crippen LogP contribution is 2.42. The number of aliphatic hydroxyl groups is 1. The largest absolute Gasteiger partial charge is 0.586 e. The molecular formula is C13H17F2NO3. The molecule has 0 saturated heterocycles. The van der Waals surface area contributed by atoms with Gasteiger partial charge in [0.2, 0.25) is 0 Å². The van der Waals surface area contributed by atoms with Gasteiger partial charge in [0.05, 0.1) is 12.1 Å². The zero-order valence-corrected chi connectivity index (χ0v) is 10.8. The number of halogens is 2. The van der Waals surface area contributed by atoms with Crippen molar-refractivity contribution < 1.29 is 23.4 Å². The molecule has 0 saturated carbocycles. The summed E-state index contributed by atoms with van der Waals surface area (Å²) in [6.45, 7) is 3.83. The van der Waals surface area contributed by atoms with Crippen LogP contribution in [0, 0.1) is 5.92 Å². The first-order valence-corrected chi connectivity index (χ1v) is 6.17. The number of aliphatic hydroxyl groups excluding tert-OH is 1. The minimum atomic E-state index is -3.64. The summed E-state index contributed by atoms with van der Waals surface area (Å²) >= 11 is 0. The maximum Gasteiger partial charge on any atom is 0.586 e. The van der Waals surface area contributed by atoms with Gasteiger partial charge in [-0.15, -0.1) is 8.78 Å². The van der Waals surface area contributed by atoms with Crippen LogP contribution in [0.15, 0.2) is 18.2 Å². The molecule has 0 aromatic heterocycles. The van der Waals surface area contributed by atoms with Crippen LogP contribution in [0.3, 0.4) is 0 Å². The summed E-state index contributed by atoms with van der Waals surface area (Å²) in [5.74, 6) is -0.0739. The lowest BCUT2D eigenvalue weighted by molar-refractivity contribution is -0.286. The van der Waals surface area contributed by atoms with Crippen molar-refractivity contribution in [3.8, 4) is 11.5 Å². The minimum Gasteiger partial charge on any atom is -0.395 e. The lowest BCUT2D eigenvalue weighted by Crippen LogP contribution is -2.31. The summed E-state index contributed by atoms with van der Waals surface area (Å²) in [4.78, 5) is 0. The second-order valence-electron chi connectivity index (χ2n) is 4.78. The number of fused-ring (bicyclic) bond motifs is 1. The molecule has 0 aliphatic carbocycles. The van der Waals surface area contributed by atoms with Crippen LogP contribution in [0.2, 0.25) is 0 Å². The van der Waals surface area contributed by atoms with E-state index in [-0.39, 0.29) is 17.4 Å². The van der Waals surface area contributed by atoms with E-state index >= 15 is 0 Å². The van der Waals surface area contributed by atoms with E-state index in [0.29, 0.717) is 5.56 Å². The van der Waals surface area contributed by atoms with Crippen molar-refractivity contribution >= 4 is 0 Å². The van der Waals surface area contributed by atoms with Crippen molar-refractivity contribution in [2.45, 2.75) is 38.7 Å². The van der Waals surface area contributed by atoms with E-state index in [9.17, 15) is 13.9 Å². The van der Waals surface area contributed by atoms with Crippen LogP contribution < -0.4 is 15.2 Å². The zero-order valence-electron chi connectivity index (χ0n) is 10.8. The first-order chi connectivity index (χ1) is 8.84. The monoisotopic (exact) mass is 273 g/mol. The third kappa shape index (κ3) is 2.79. The van der Waals surface area contributed by atoms with Gasteiger partial charge in [-0.25, -0.2) is 0 Å². The molecule has 2 rings (SSSR count). The fraction of sp³-hybridized carbons (Fsp3) is 0.538. The highest BCUT2D eigenvalue weighted by atomic mass is 19.3. The van der Waals surface area contributed by atoms with Crippen LogP contribution in [0.25, 0.3) is 0 Å². The normalized spacial score (nSPS) is 20.9. The Morgan fingerprint density at radius 2 is 1.95 bits per heavy atom. The molecule has 0 bridgehead atoms. The molecule has 1 unspecified atom stereocenters. The smallest absolute Gasteiger partial charge is 0.395 e. The van der Waals surface area contributed by atoms with E-state index in [0.717, 1.165) is 6.42 Å². The highest BCUT2D eigenvalue weighted by Gasteiger charge is 2.43. The van der Waals surface area contributed by atoms with Gasteiger partial charge >= 0.3 is 6.29 Å². The molecule has 1 aromatic carbocycles. The quantitative estimate of drug-likeness (QED) is 0.884. The Hall–Kier alpha value is -1.40. The molecule has 1 aliphatic rings. The molecule has 4 nitrogen and oxygen atoms in total. The Balaban J connectivity index is 2.20. The molecule has 0 radical (unpaired) electrons. The molecule has 0 amide bonds. The number of nitrogens with two attached hydrogens (primary N) is 1. The fourth-order valence-corrected chi connectivity index (χ4v) is 1.97. The Kier molecular flexibility index (Phi) is 3.64. The van der Waals surface area contributed by atoms with Crippen molar-refractivity contribution in [2.75, 3.05) is 0 Å². The maximum absolute atomic E-state index is 12.9. The third-order valence-electron chi connectivity index (χ3n) is 3.41. The molecule has 1 heterocycles. The third-order valence-corrected chi connectivity index (χ3v) is 3.41. The molecule has 0 fully saturated rings. The van der Waals surface area contributed by atoms with E-state index in [1.54, 1.807) is 6.07 Å². The number of benzene rings is 1. The molecule has 19 heavy (non-hydrogen) atoms. The van der Waals surface area contributed by atoms with Gasteiger partial charge in [0.15, 0.2) is 11.5 Å². The first kappa shape index (κ1) is 14.0. The van der Waals surface area contributed by atoms with Crippen LogP contribution in [0.4, 0.5) is 8.78 Å². The summed E-state index contributed by atoms with van der Waals surface area (Å²) in [6.07, 6.45) is -3.61. The van der Waals surface area contributed by atoms with Crippen molar-refractivity contribution in [3.05, 3.63) is 23.8 Å². The van der Waals surface area contributed by atoms with Crippen LogP contribution in [0.5, 0.6) is 11.5 Å². The molecular weight excluding hydrogens is 256 g/mol. The SMILES string of the molecule is CCC(C)[C@@H](O)[C@@H](N)c1ccc2c(c1)OC(F)(F)O2. The maximum atomic E-state index is 12.9. The predicted octanol–water partition coefficient (Wildman–Crippen LogP) is 2.41. The van der Waals surface area contributed by atoms with Crippen molar-refractivity contribution in [1.82, 2.24) is 0 Å². The second kappa shape index (κ2) is 4.94. The van der Waals surface area contributed by atoms with Gasteiger partial charge < -0.3 is 20.3 Å². The molecule has 6 heteroatoms. The number of hydrogen-bond donors (Lipinski definition) is 2. The molecule has 3 N–H and O–H groups in total. The highest BCUT2D eigenvalue weighted by molar-refractivity contribution is 5.46.